The monoisotopic (exact) mass is 381 g/mol. The summed E-state index contributed by atoms with van der Waals surface area (Å²) in [5.41, 5.74) is 0.715. The molecule has 1 aromatic carbocycles. The summed E-state index contributed by atoms with van der Waals surface area (Å²) < 4.78 is 10.6. The Morgan fingerprint density at radius 3 is 2.80 bits per heavy atom. The van der Waals surface area contributed by atoms with E-state index in [1.807, 2.05) is 6.92 Å². The maximum Gasteiger partial charge on any atom is 0.307 e. The summed E-state index contributed by atoms with van der Waals surface area (Å²) in [5.74, 6) is -0.208. The number of nitrogens with zero attached hydrogens (tertiary/aromatic N) is 1. The van der Waals surface area contributed by atoms with Gasteiger partial charge in [-0.05, 0) is 37.6 Å². The molecule has 1 N–H and O–H groups in total. The van der Waals surface area contributed by atoms with Crippen molar-refractivity contribution in [3.8, 4) is 11.5 Å². The van der Waals surface area contributed by atoms with Crippen molar-refractivity contribution in [2.45, 2.75) is 20.3 Å². The molecule has 8 heteroatoms. The fourth-order valence-electron chi connectivity index (χ4n) is 2.17. The van der Waals surface area contributed by atoms with Crippen LogP contribution in [0.15, 0.2) is 23.1 Å². The van der Waals surface area contributed by atoms with Crippen molar-refractivity contribution >= 4 is 46.3 Å². The standard InChI is InChI=1S/C17H19NO5S2/c1-3-22-13-9-11(5-6-12(13)19)10-14-16(21)18(17(24)25-14)8-7-15(20)23-4-2/h5-6,9-10,19H,3-4,7-8H2,1-2H3/b14-10-. The molecule has 25 heavy (non-hydrogen) atoms. The molecule has 2 rings (SSSR count). The first-order valence-corrected chi connectivity index (χ1v) is 9.05. The molecular formula is C17H19NO5S2. The molecule has 0 bridgehead atoms. The second-order valence-corrected chi connectivity index (χ2v) is 6.72. The first-order valence-electron chi connectivity index (χ1n) is 7.83. The number of thioether (sulfide) groups is 1. The third-order valence-electron chi connectivity index (χ3n) is 3.30. The molecule has 1 fully saturated rings. The van der Waals surface area contributed by atoms with E-state index in [1.54, 1.807) is 25.1 Å². The molecule has 0 radical (unpaired) electrons. The molecule has 0 saturated carbocycles. The summed E-state index contributed by atoms with van der Waals surface area (Å²) in [6, 6.07) is 4.85. The lowest BCUT2D eigenvalue weighted by molar-refractivity contribution is -0.143. The smallest absolute Gasteiger partial charge is 0.307 e. The van der Waals surface area contributed by atoms with Crippen LogP contribution in [0.25, 0.3) is 6.08 Å². The van der Waals surface area contributed by atoms with Crippen LogP contribution in [0.4, 0.5) is 0 Å². The lowest BCUT2D eigenvalue weighted by atomic mass is 10.2. The van der Waals surface area contributed by atoms with Crippen molar-refractivity contribution in [2.24, 2.45) is 0 Å². The summed E-state index contributed by atoms with van der Waals surface area (Å²) in [5, 5.41) is 9.74. The van der Waals surface area contributed by atoms with Gasteiger partial charge >= 0.3 is 5.97 Å². The van der Waals surface area contributed by atoms with Gasteiger partial charge in [-0.3, -0.25) is 14.5 Å². The molecule has 1 aromatic rings. The predicted molar refractivity (Wildman–Crippen MR) is 100 cm³/mol. The number of esters is 1. The van der Waals surface area contributed by atoms with Crippen LogP contribution in [-0.2, 0) is 14.3 Å². The molecule has 134 valence electrons. The van der Waals surface area contributed by atoms with Crippen LogP contribution in [0.1, 0.15) is 25.8 Å². The van der Waals surface area contributed by atoms with Crippen molar-refractivity contribution in [3.63, 3.8) is 0 Å². The third-order valence-corrected chi connectivity index (χ3v) is 4.68. The second-order valence-electron chi connectivity index (χ2n) is 5.05. The molecule has 1 aliphatic rings. The number of hydrogen-bond acceptors (Lipinski definition) is 7. The van der Waals surface area contributed by atoms with Crippen LogP contribution in [0, 0.1) is 0 Å². The highest BCUT2D eigenvalue weighted by molar-refractivity contribution is 8.26. The number of hydrogen-bond donors (Lipinski definition) is 1. The molecule has 0 aliphatic carbocycles. The summed E-state index contributed by atoms with van der Waals surface area (Å²) >= 11 is 6.40. The van der Waals surface area contributed by atoms with E-state index < -0.39 is 0 Å². The Bertz CT molecular complexity index is 717. The molecule has 0 aromatic heterocycles. The normalized spacial score (nSPS) is 15.8. The zero-order chi connectivity index (χ0) is 18.4. The largest absolute Gasteiger partial charge is 0.504 e. The van der Waals surface area contributed by atoms with E-state index in [2.05, 4.69) is 0 Å². The Hall–Kier alpha value is -2.06. The van der Waals surface area contributed by atoms with Gasteiger partial charge in [0.1, 0.15) is 4.32 Å². The van der Waals surface area contributed by atoms with Crippen LogP contribution in [-0.4, -0.2) is 46.0 Å². The van der Waals surface area contributed by atoms with Gasteiger partial charge in [-0.2, -0.15) is 0 Å². The van der Waals surface area contributed by atoms with Crippen molar-refractivity contribution in [2.75, 3.05) is 19.8 Å². The van der Waals surface area contributed by atoms with E-state index >= 15 is 0 Å². The second kappa shape index (κ2) is 8.87. The lowest BCUT2D eigenvalue weighted by Gasteiger charge is -2.13. The molecule has 0 unspecified atom stereocenters. The quantitative estimate of drug-likeness (QED) is 0.442. The zero-order valence-corrected chi connectivity index (χ0v) is 15.6. The molecule has 1 heterocycles. The van der Waals surface area contributed by atoms with Gasteiger partial charge in [0, 0.05) is 6.54 Å². The lowest BCUT2D eigenvalue weighted by Crippen LogP contribution is -2.30. The molecule has 6 nitrogen and oxygen atoms in total. The third kappa shape index (κ3) is 4.96. The van der Waals surface area contributed by atoms with Crippen molar-refractivity contribution < 1.29 is 24.2 Å². The van der Waals surface area contributed by atoms with Gasteiger partial charge < -0.3 is 14.6 Å². The van der Waals surface area contributed by atoms with Gasteiger partial charge in [0.05, 0.1) is 24.5 Å². The molecule has 1 aliphatic heterocycles. The number of carbonyl (C=O) groups is 2. The summed E-state index contributed by atoms with van der Waals surface area (Å²) in [6.45, 7) is 4.48. The van der Waals surface area contributed by atoms with E-state index in [-0.39, 0.29) is 30.6 Å². The Kier molecular flexibility index (Phi) is 6.83. The minimum absolute atomic E-state index is 0.0426. The van der Waals surface area contributed by atoms with Crippen molar-refractivity contribution in [3.05, 3.63) is 28.7 Å². The fourth-order valence-corrected chi connectivity index (χ4v) is 3.48. The van der Waals surface area contributed by atoms with Crippen LogP contribution < -0.4 is 4.74 Å². The summed E-state index contributed by atoms with van der Waals surface area (Å²) in [4.78, 5) is 25.8. The topological polar surface area (TPSA) is 76.1 Å². The zero-order valence-electron chi connectivity index (χ0n) is 14.0. The Morgan fingerprint density at radius 1 is 1.36 bits per heavy atom. The molecule has 0 spiro atoms. The van der Waals surface area contributed by atoms with Gasteiger partial charge in [0.15, 0.2) is 11.5 Å². The van der Waals surface area contributed by atoms with Gasteiger partial charge in [-0.15, -0.1) is 0 Å². The number of carbonyl (C=O) groups excluding carboxylic acids is 2. The minimum Gasteiger partial charge on any atom is -0.504 e. The number of phenols is 1. The van der Waals surface area contributed by atoms with Crippen LogP contribution in [0.2, 0.25) is 0 Å². The van der Waals surface area contributed by atoms with E-state index in [0.717, 1.165) is 0 Å². The highest BCUT2D eigenvalue weighted by atomic mass is 32.2. The Morgan fingerprint density at radius 2 is 2.12 bits per heavy atom. The van der Waals surface area contributed by atoms with Crippen LogP contribution in [0.5, 0.6) is 11.5 Å². The maximum absolute atomic E-state index is 12.5. The van der Waals surface area contributed by atoms with E-state index in [4.69, 9.17) is 21.7 Å². The SMILES string of the molecule is CCOC(=O)CCN1C(=O)/C(=C/c2ccc(O)c(OCC)c2)SC1=S. The van der Waals surface area contributed by atoms with Crippen LogP contribution in [0.3, 0.4) is 0 Å². The predicted octanol–water partition coefficient (Wildman–Crippen LogP) is 2.95. The number of rotatable bonds is 7. The maximum atomic E-state index is 12.5. The van der Waals surface area contributed by atoms with E-state index in [0.29, 0.717) is 33.8 Å². The number of phenolic OH excluding ortho intramolecular Hbond substituents is 1. The minimum atomic E-state index is -0.361. The number of benzene rings is 1. The van der Waals surface area contributed by atoms with E-state index in [1.165, 1.54) is 22.7 Å². The molecular weight excluding hydrogens is 362 g/mol. The average Bonchev–Trinajstić information content (AvgIpc) is 2.83. The van der Waals surface area contributed by atoms with Crippen molar-refractivity contribution in [1.29, 1.82) is 0 Å². The van der Waals surface area contributed by atoms with Gasteiger partial charge in [-0.1, -0.05) is 30.0 Å². The highest BCUT2D eigenvalue weighted by Crippen LogP contribution is 2.34. The van der Waals surface area contributed by atoms with Gasteiger partial charge in [0.2, 0.25) is 0 Å². The highest BCUT2D eigenvalue weighted by Gasteiger charge is 2.32. The molecule has 1 saturated heterocycles. The summed E-state index contributed by atoms with van der Waals surface area (Å²) in [6.07, 6.45) is 1.78. The number of amides is 1. The van der Waals surface area contributed by atoms with Gasteiger partial charge in [-0.25, -0.2) is 0 Å². The van der Waals surface area contributed by atoms with Crippen molar-refractivity contribution in [1.82, 2.24) is 4.90 Å². The number of thiocarbonyl (C=S) groups is 1. The number of aromatic hydroxyl groups is 1. The Labute approximate surface area is 155 Å². The molecule has 1 amide bonds. The van der Waals surface area contributed by atoms with Gasteiger partial charge in [0.25, 0.3) is 5.91 Å². The van der Waals surface area contributed by atoms with Crippen LogP contribution >= 0.6 is 24.0 Å². The Balaban J connectivity index is 2.11. The summed E-state index contributed by atoms with van der Waals surface area (Å²) in [7, 11) is 0. The molecule has 0 atom stereocenters. The van der Waals surface area contributed by atoms with E-state index in [9.17, 15) is 14.7 Å². The first kappa shape index (κ1) is 19.3. The fraction of sp³-hybridized carbons (Fsp3) is 0.353. The number of ether oxygens (including phenoxy) is 2. The first-order chi connectivity index (χ1) is 12.0. The average molecular weight is 381 g/mol.